The summed E-state index contributed by atoms with van der Waals surface area (Å²) in [6, 6.07) is 7.97. The molecular formula is C17H24N2O2S. The third-order valence-electron chi connectivity index (χ3n) is 4.26. The van der Waals surface area contributed by atoms with E-state index < -0.39 is 11.4 Å². The smallest absolute Gasteiger partial charge is 0.243 e. The first-order valence-electron chi connectivity index (χ1n) is 7.83. The Hall–Kier alpha value is -1.49. The number of carbonyl (C=O) groups excluding carboxylic acids is 2. The molecule has 2 rings (SSSR count). The molecule has 0 aromatic heterocycles. The normalized spacial score (nSPS) is 17.5. The lowest BCUT2D eigenvalue weighted by Gasteiger charge is -2.30. The van der Waals surface area contributed by atoms with Crippen LogP contribution >= 0.6 is 11.8 Å². The lowest BCUT2D eigenvalue weighted by Crippen LogP contribution is -2.57. The molecule has 4 nitrogen and oxygen atoms in total. The van der Waals surface area contributed by atoms with Gasteiger partial charge in [-0.1, -0.05) is 43.9 Å². The maximum absolute atomic E-state index is 12.3. The SMILES string of the molecule is Cc1ccccc1SCC(=O)NC1(C(N)=O)CCCCCC1. The van der Waals surface area contributed by atoms with Crippen molar-refractivity contribution in [2.75, 3.05) is 5.75 Å². The highest BCUT2D eigenvalue weighted by molar-refractivity contribution is 8.00. The number of hydrogen-bond donors (Lipinski definition) is 2. The average Bonchev–Trinajstić information content (AvgIpc) is 2.73. The fraction of sp³-hybridized carbons (Fsp3) is 0.529. The average molecular weight is 320 g/mol. The number of thioether (sulfide) groups is 1. The first-order chi connectivity index (χ1) is 10.5. The second kappa shape index (κ2) is 7.68. The molecule has 0 bridgehead atoms. The number of nitrogens with two attached hydrogens (primary N) is 1. The molecule has 1 saturated carbocycles. The third-order valence-corrected chi connectivity index (χ3v) is 5.44. The fourth-order valence-electron chi connectivity index (χ4n) is 2.93. The molecule has 1 aromatic rings. The van der Waals surface area contributed by atoms with Crippen molar-refractivity contribution in [3.8, 4) is 0 Å². The second-order valence-electron chi connectivity index (χ2n) is 5.96. The van der Waals surface area contributed by atoms with Gasteiger partial charge in [0.15, 0.2) is 0 Å². The quantitative estimate of drug-likeness (QED) is 0.647. The molecule has 0 aliphatic heterocycles. The van der Waals surface area contributed by atoms with E-state index in [9.17, 15) is 9.59 Å². The predicted molar refractivity (Wildman–Crippen MR) is 89.7 cm³/mol. The van der Waals surface area contributed by atoms with E-state index in [0.29, 0.717) is 18.6 Å². The second-order valence-corrected chi connectivity index (χ2v) is 6.98. The summed E-state index contributed by atoms with van der Waals surface area (Å²) >= 11 is 1.50. The summed E-state index contributed by atoms with van der Waals surface area (Å²) in [6.45, 7) is 2.02. The van der Waals surface area contributed by atoms with E-state index in [1.54, 1.807) is 0 Å². The highest BCUT2D eigenvalue weighted by atomic mass is 32.2. The van der Waals surface area contributed by atoms with Gasteiger partial charge in [-0.15, -0.1) is 11.8 Å². The van der Waals surface area contributed by atoms with Gasteiger partial charge in [-0.2, -0.15) is 0 Å². The Morgan fingerprint density at radius 2 is 1.82 bits per heavy atom. The van der Waals surface area contributed by atoms with Crippen molar-refractivity contribution in [2.24, 2.45) is 5.73 Å². The predicted octanol–water partition coefficient (Wildman–Crippen LogP) is 2.78. The molecule has 0 spiro atoms. The summed E-state index contributed by atoms with van der Waals surface area (Å²) in [4.78, 5) is 25.3. The van der Waals surface area contributed by atoms with Gasteiger partial charge in [0.25, 0.3) is 0 Å². The number of aryl methyl sites for hydroxylation is 1. The molecule has 1 aliphatic rings. The maximum atomic E-state index is 12.3. The molecule has 0 unspecified atom stereocenters. The number of nitrogens with one attached hydrogen (secondary N) is 1. The highest BCUT2D eigenvalue weighted by Crippen LogP contribution is 2.28. The number of primary amides is 1. The maximum Gasteiger partial charge on any atom is 0.243 e. The molecule has 1 aromatic carbocycles. The Balaban J connectivity index is 1.97. The summed E-state index contributed by atoms with van der Waals surface area (Å²) in [5.74, 6) is -0.211. The van der Waals surface area contributed by atoms with Crippen molar-refractivity contribution < 1.29 is 9.59 Å². The molecule has 22 heavy (non-hydrogen) atoms. The van der Waals surface area contributed by atoms with Gasteiger partial charge in [0, 0.05) is 4.90 Å². The first kappa shape index (κ1) is 16.9. The summed E-state index contributed by atoms with van der Waals surface area (Å²) in [7, 11) is 0. The van der Waals surface area contributed by atoms with E-state index in [-0.39, 0.29) is 5.91 Å². The van der Waals surface area contributed by atoms with Crippen LogP contribution in [0.5, 0.6) is 0 Å². The number of benzene rings is 1. The van der Waals surface area contributed by atoms with Gasteiger partial charge >= 0.3 is 0 Å². The zero-order chi connectivity index (χ0) is 16.0. The molecule has 0 saturated heterocycles. The number of rotatable bonds is 5. The van der Waals surface area contributed by atoms with Crippen LogP contribution in [-0.2, 0) is 9.59 Å². The van der Waals surface area contributed by atoms with Crippen molar-refractivity contribution in [3.63, 3.8) is 0 Å². The topological polar surface area (TPSA) is 72.2 Å². The first-order valence-corrected chi connectivity index (χ1v) is 8.81. The van der Waals surface area contributed by atoms with Gasteiger partial charge in [0.05, 0.1) is 5.75 Å². The molecule has 1 aliphatic carbocycles. The van der Waals surface area contributed by atoms with Crippen molar-refractivity contribution in [3.05, 3.63) is 29.8 Å². The molecule has 0 heterocycles. The van der Waals surface area contributed by atoms with Crippen LogP contribution in [0.15, 0.2) is 29.2 Å². The summed E-state index contributed by atoms with van der Waals surface area (Å²) in [5.41, 5.74) is 5.90. The summed E-state index contributed by atoms with van der Waals surface area (Å²) < 4.78 is 0. The summed E-state index contributed by atoms with van der Waals surface area (Å²) in [5, 5.41) is 2.93. The monoisotopic (exact) mass is 320 g/mol. The van der Waals surface area contributed by atoms with E-state index >= 15 is 0 Å². The Morgan fingerprint density at radius 1 is 1.18 bits per heavy atom. The molecule has 0 radical (unpaired) electrons. The molecule has 2 amide bonds. The van der Waals surface area contributed by atoms with Gasteiger partial charge < -0.3 is 11.1 Å². The zero-order valence-corrected chi connectivity index (χ0v) is 13.9. The van der Waals surface area contributed by atoms with Crippen molar-refractivity contribution >= 4 is 23.6 Å². The van der Waals surface area contributed by atoms with Crippen LogP contribution in [-0.4, -0.2) is 23.1 Å². The van der Waals surface area contributed by atoms with E-state index in [1.165, 1.54) is 11.8 Å². The molecular weight excluding hydrogens is 296 g/mol. The van der Waals surface area contributed by atoms with Gasteiger partial charge in [0.2, 0.25) is 11.8 Å². The molecule has 1 fully saturated rings. The van der Waals surface area contributed by atoms with Gasteiger partial charge in [0.1, 0.15) is 5.54 Å². The summed E-state index contributed by atoms with van der Waals surface area (Å²) in [6.07, 6.45) is 5.39. The number of hydrogen-bond acceptors (Lipinski definition) is 3. The van der Waals surface area contributed by atoms with Crippen LogP contribution in [0.4, 0.5) is 0 Å². The largest absolute Gasteiger partial charge is 0.368 e. The Bertz CT molecular complexity index is 537. The Labute approximate surface area is 136 Å². The number of amides is 2. The van der Waals surface area contributed by atoms with Crippen molar-refractivity contribution in [2.45, 2.75) is 55.9 Å². The third kappa shape index (κ3) is 4.26. The van der Waals surface area contributed by atoms with Gasteiger partial charge in [-0.05, 0) is 31.4 Å². The molecule has 3 N–H and O–H groups in total. The van der Waals surface area contributed by atoms with E-state index in [0.717, 1.165) is 36.1 Å². The lowest BCUT2D eigenvalue weighted by atomic mass is 9.89. The Morgan fingerprint density at radius 3 is 2.41 bits per heavy atom. The molecule has 120 valence electrons. The standard InChI is InChI=1S/C17H24N2O2S/c1-13-8-4-5-9-14(13)22-12-15(20)19-17(16(18)21)10-6-2-3-7-11-17/h4-5,8-9H,2-3,6-7,10-12H2,1H3,(H2,18,21)(H,19,20). The van der Waals surface area contributed by atoms with Crippen LogP contribution in [0.25, 0.3) is 0 Å². The molecule has 0 atom stereocenters. The minimum absolute atomic E-state index is 0.117. The van der Waals surface area contributed by atoms with Crippen LogP contribution in [0.3, 0.4) is 0 Å². The minimum atomic E-state index is -0.847. The van der Waals surface area contributed by atoms with Crippen LogP contribution in [0.2, 0.25) is 0 Å². The number of carbonyl (C=O) groups is 2. The van der Waals surface area contributed by atoms with E-state index in [1.807, 2.05) is 31.2 Å². The minimum Gasteiger partial charge on any atom is -0.368 e. The van der Waals surface area contributed by atoms with Crippen molar-refractivity contribution in [1.29, 1.82) is 0 Å². The zero-order valence-electron chi connectivity index (χ0n) is 13.1. The lowest BCUT2D eigenvalue weighted by molar-refractivity contribution is -0.131. The van der Waals surface area contributed by atoms with Crippen LogP contribution < -0.4 is 11.1 Å². The van der Waals surface area contributed by atoms with E-state index in [4.69, 9.17) is 5.73 Å². The van der Waals surface area contributed by atoms with Crippen LogP contribution in [0.1, 0.15) is 44.1 Å². The fourth-order valence-corrected chi connectivity index (χ4v) is 3.76. The van der Waals surface area contributed by atoms with Crippen LogP contribution in [0, 0.1) is 6.92 Å². The molecule has 5 heteroatoms. The van der Waals surface area contributed by atoms with E-state index in [2.05, 4.69) is 5.32 Å². The van der Waals surface area contributed by atoms with Crippen molar-refractivity contribution in [1.82, 2.24) is 5.32 Å². The highest BCUT2D eigenvalue weighted by Gasteiger charge is 2.38. The van der Waals surface area contributed by atoms with Gasteiger partial charge in [-0.3, -0.25) is 9.59 Å². The Kier molecular flexibility index (Phi) is 5.89. The van der Waals surface area contributed by atoms with Gasteiger partial charge in [-0.25, -0.2) is 0 Å².